The van der Waals surface area contributed by atoms with Crippen molar-refractivity contribution in [3.8, 4) is 0 Å². The molecule has 0 radical (unpaired) electrons. The van der Waals surface area contributed by atoms with Gasteiger partial charge in [-0.1, -0.05) is 11.6 Å². The minimum absolute atomic E-state index is 0.0716. The van der Waals surface area contributed by atoms with Gasteiger partial charge in [0.05, 0.1) is 7.11 Å². The standard InChI is InChI=1S/C9H11ClN2O4S/c1-6(9(13)16-2)12-17(14,15)7-3-4-8(10)11-5-7/h3-6,12H,1-2H3/t6-/m0/s1. The second-order valence-corrected chi connectivity index (χ2v) is 5.28. The Hall–Kier alpha value is -1.18. The normalized spacial score (nSPS) is 13.1. The van der Waals surface area contributed by atoms with Crippen LogP contribution in [0.25, 0.3) is 0 Å². The lowest BCUT2D eigenvalue weighted by atomic mass is 10.4. The molecule has 1 aromatic rings. The average Bonchev–Trinajstić information content (AvgIpc) is 2.27. The number of esters is 1. The van der Waals surface area contributed by atoms with Gasteiger partial charge in [-0.25, -0.2) is 13.4 Å². The lowest BCUT2D eigenvalue weighted by Gasteiger charge is -2.11. The van der Waals surface area contributed by atoms with E-state index in [9.17, 15) is 13.2 Å². The monoisotopic (exact) mass is 278 g/mol. The van der Waals surface area contributed by atoms with Gasteiger partial charge in [0.25, 0.3) is 0 Å². The molecule has 1 aromatic heterocycles. The van der Waals surface area contributed by atoms with Gasteiger partial charge in [-0.3, -0.25) is 4.79 Å². The van der Waals surface area contributed by atoms with Crippen LogP contribution in [-0.2, 0) is 19.6 Å². The Kier molecular flexibility index (Phi) is 4.44. The van der Waals surface area contributed by atoms with E-state index < -0.39 is 22.0 Å². The number of halogens is 1. The summed E-state index contributed by atoms with van der Waals surface area (Å²) in [6.45, 7) is 1.38. The number of aromatic nitrogens is 1. The van der Waals surface area contributed by atoms with E-state index in [1.165, 1.54) is 26.2 Å². The second kappa shape index (κ2) is 5.44. The first-order valence-electron chi connectivity index (χ1n) is 4.58. The van der Waals surface area contributed by atoms with Gasteiger partial charge < -0.3 is 4.74 Å². The molecule has 94 valence electrons. The van der Waals surface area contributed by atoms with Crippen molar-refractivity contribution >= 4 is 27.6 Å². The summed E-state index contributed by atoms with van der Waals surface area (Å²) >= 11 is 5.54. The minimum Gasteiger partial charge on any atom is -0.468 e. The van der Waals surface area contributed by atoms with Gasteiger partial charge in [0.1, 0.15) is 16.1 Å². The SMILES string of the molecule is COC(=O)[C@H](C)NS(=O)(=O)c1ccc(Cl)nc1. The second-order valence-electron chi connectivity index (χ2n) is 3.18. The van der Waals surface area contributed by atoms with E-state index in [1.54, 1.807) is 0 Å². The fourth-order valence-electron chi connectivity index (χ4n) is 1.05. The predicted molar refractivity (Wildman–Crippen MR) is 61.0 cm³/mol. The van der Waals surface area contributed by atoms with Crippen LogP contribution >= 0.6 is 11.6 Å². The number of nitrogens with one attached hydrogen (secondary N) is 1. The molecule has 1 heterocycles. The third-order valence-electron chi connectivity index (χ3n) is 1.90. The molecule has 1 N–H and O–H groups in total. The van der Waals surface area contributed by atoms with E-state index in [0.29, 0.717) is 0 Å². The van der Waals surface area contributed by atoms with Crippen molar-refractivity contribution in [2.45, 2.75) is 17.9 Å². The summed E-state index contributed by atoms with van der Waals surface area (Å²) in [7, 11) is -2.63. The molecule has 0 unspecified atom stereocenters. The molecule has 1 rings (SSSR count). The highest BCUT2D eigenvalue weighted by Crippen LogP contribution is 2.11. The first kappa shape index (κ1) is 13.9. The first-order chi connectivity index (χ1) is 7.86. The molecule has 17 heavy (non-hydrogen) atoms. The summed E-state index contributed by atoms with van der Waals surface area (Å²) in [6.07, 6.45) is 1.11. The molecule has 0 aromatic carbocycles. The Morgan fingerprint density at radius 1 is 1.53 bits per heavy atom. The molecule has 0 bridgehead atoms. The third-order valence-corrected chi connectivity index (χ3v) is 3.65. The molecule has 0 fully saturated rings. The highest BCUT2D eigenvalue weighted by molar-refractivity contribution is 7.89. The van der Waals surface area contributed by atoms with Crippen LogP contribution in [0.3, 0.4) is 0 Å². The van der Waals surface area contributed by atoms with Gasteiger partial charge in [-0.15, -0.1) is 0 Å². The number of sulfonamides is 1. The predicted octanol–water partition coefficient (Wildman–Crippen LogP) is 0.575. The summed E-state index contributed by atoms with van der Waals surface area (Å²) in [5, 5.41) is 0.185. The number of methoxy groups -OCH3 is 1. The Bertz CT molecular complexity index is 500. The molecular formula is C9H11ClN2O4S. The van der Waals surface area contributed by atoms with E-state index in [1.807, 2.05) is 0 Å². The number of ether oxygens (including phenoxy) is 1. The highest BCUT2D eigenvalue weighted by Gasteiger charge is 2.22. The topological polar surface area (TPSA) is 85.4 Å². The Morgan fingerprint density at radius 2 is 2.18 bits per heavy atom. The van der Waals surface area contributed by atoms with Crippen LogP contribution in [0, 0.1) is 0 Å². The third kappa shape index (κ3) is 3.65. The van der Waals surface area contributed by atoms with Crippen LogP contribution in [-0.4, -0.2) is 32.5 Å². The summed E-state index contributed by atoms with van der Waals surface area (Å²) in [5.74, 6) is -0.671. The average molecular weight is 279 g/mol. The number of hydrogen-bond acceptors (Lipinski definition) is 5. The molecule has 8 heteroatoms. The molecular weight excluding hydrogens is 268 g/mol. The van der Waals surface area contributed by atoms with Crippen LogP contribution in [0.15, 0.2) is 23.2 Å². The van der Waals surface area contributed by atoms with Gasteiger partial charge in [-0.2, -0.15) is 4.72 Å². The minimum atomic E-state index is -3.80. The van der Waals surface area contributed by atoms with Crippen LogP contribution in [0.2, 0.25) is 5.15 Å². The van der Waals surface area contributed by atoms with Crippen molar-refractivity contribution in [2.24, 2.45) is 0 Å². The molecule has 0 aliphatic heterocycles. The fourth-order valence-corrected chi connectivity index (χ4v) is 2.30. The van der Waals surface area contributed by atoms with Crippen molar-refractivity contribution in [1.29, 1.82) is 0 Å². The summed E-state index contributed by atoms with van der Waals surface area (Å²) in [6, 6.07) is 1.67. The number of nitrogens with zero attached hydrogens (tertiary/aromatic N) is 1. The summed E-state index contributed by atoms with van der Waals surface area (Å²) < 4.78 is 30.1. The Labute approximate surface area is 104 Å². The molecule has 0 aliphatic rings. The van der Waals surface area contributed by atoms with Gasteiger partial charge in [0.2, 0.25) is 10.0 Å². The van der Waals surface area contributed by atoms with E-state index in [-0.39, 0.29) is 10.0 Å². The molecule has 0 saturated carbocycles. The number of rotatable bonds is 4. The number of pyridine rings is 1. The van der Waals surface area contributed by atoms with Gasteiger partial charge >= 0.3 is 5.97 Å². The van der Waals surface area contributed by atoms with Crippen LogP contribution in [0.4, 0.5) is 0 Å². The Morgan fingerprint density at radius 3 is 2.65 bits per heavy atom. The van der Waals surface area contributed by atoms with Crippen molar-refractivity contribution in [3.63, 3.8) is 0 Å². The molecule has 6 nitrogen and oxygen atoms in total. The largest absolute Gasteiger partial charge is 0.468 e. The summed E-state index contributed by atoms with van der Waals surface area (Å²) in [4.78, 5) is 14.7. The summed E-state index contributed by atoms with van der Waals surface area (Å²) in [5.41, 5.74) is 0. The number of hydrogen-bond donors (Lipinski definition) is 1. The van der Waals surface area contributed by atoms with E-state index in [2.05, 4.69) is 14.4 Å². The maximum atomic E-state index is 11.8. The molecule has 0 aliphatic carbocycles. The van der Waals surface area contributed by atoms with Gasteiger partial charge in [0.15, 0.2) is 0 Å². The Balaban J connectivity index is 2.89. The zero-order valence-corrected chi connectivity index (χ0v) is 10.7. The highest BCUT2D eigenvalue weighted by atomic mass is 35.5. The molecule has 0 amide bonds. The van der Waals surface area contributed by atoms with E-state index >= 15 is 0 Å². The van der Waals surface area contributed by atoms with Crippen LogP contribution in [0.1, 0.15) is 6.92 Å². The van der Waals surface area contributed by atoms with Gasteiger partial charge in [0, 0.05) is 6.20 Å². The van der Waals surface area contributed by atoms with Crippen LogP contribution in [0.5, 0.6) is 0 Å². The fraction of sp³-hybridized carbons (Fsp3) is 0.333. The lowest BCUT2D eigenvalue weighted by Crippen LogP contribution is -2.39. The number of carbonyl (C=O) groups excluding carboxylic acids is 1. The zero-order valence-electron chi connectivity index (χ0n) is 9.18. The lowest BCUT2D eigenvalue weighted by molar-refractivity contribution is -0.142. The molecule has 1 atom stereocenters. The van der Waals surface area contributed by atoms with Gasteiger partial charge in [-0.05, 0) is 19.1 Å². The maximum Gasteiger partial charge on any atom is 0.323 e. The quantitative estimate of drug-likeness (QED) is 0.643. The maximum absolute atomic E-state index is 11.8. The first-order valence-corrected chi connectivity index (χ1v) is 6.44. The zero-order chi connectivity index (χ0) is 13.1. The smallest absolute Gasteiger partial charge is 0.323 e. The van der Waals surface area contributed by atoms with E-state index in [0.717, 1.165) is 6.20 Å². The van der Waals surface area contributed by atoms with Crippen molar-refractivity contribution in [1.82, 2.24) is 9.71 Å². The number of carbonyl (C=O) groups is 1. The van der Waals surface area contributed by atoms with E-state index in [4.69, 9.17) is 11.6 Å². The van der Waals surface area contributed by atoms with Crippen molar-refractivity contribution in [3.05, 3.63) is 23.5 Å². The van der Waals surface area contributed by atoms with Crippen LogP contribution < -0.4 is 4.72 Å². The van der Waals surface area contributed by atoms with Crippen molar-refractivity contribution < 1.29 is 17.9 Å². The van der Waals surface area contributed by atoms with Crippen molar-refractivity contribution in [2.75, 3.05) is 7.11 Å². The molecule has 0 spiro atoms. The molecule has 0 saturated heterocycles.